The second-order valence-electron chi connectivity index (χ2n) is 11.7. The summed E-state index contributed by atoms with van der Waals surface area (Å²) in [6.07, 6.45) is 0. The van der Waals surface area contributed by atoms with Gasteiger partial charge < -0.3 is 0 Å². The van der Waals surface area contributed by atoms with E-state index < -0.39 is 0 Å². The summed E-state index contributed by atoms with van der Waals surface area (Å²) in [5.41, 5.74) is 13.5. The summed E-state index contributed by atoms with van der Waals surface area (Å²) < 4.78 is 0. The van der Waals surface area contributed by atoms with E-state index in [1.807, 2.05) is 0 Å². The Morgan fingerprint density at radius 2 is 0.949 bits per heavy atom. The number of hydrogen-bond donors (Lipinski definition) is 0. The van der Waals surface area contributed by atoms with Crippen LogP contribution in [0.3, 0.4) is 0 Å². The molecule has 0 heteroatoms. The first-order valence-corrected chi connectivity index (χ1v) is 13.9. The Morgan fingerprint density at radius 3 is 1.62 bits per heavy atom. The van der Waals surface area contributed by atoms with E-state index in [0.717, 1.165) is 0 Å². The van der Waals surface area contributed by atoms with Crippen LogP contribution < -0.4 is 0 Å². The Hall–Kier alpha value is -4.68. The molecule has 0 heterocycles. The number of benzene rings is 7. The van der Waals surface area contributed by atoms with Gasteiger partial charge in [-0.25, -0.2) is 0 Å². The Labute approximate surface area is 228 Å². The molecule has 182 valence electrons. The molecule has 0 nitrogen and oxygen atoms in total. The van der Waals surface area contributed by atoms with E-state index in [1.165, 1.54) is 88.0 Å². The maximum Gasteiger partial charge on any atom is 0.0159 e. The number of fused-ring (bicyclic) bond motifs is 7. The highest BCUT2D eigenvalue weighted by Crippen LogP contribution is 2.56. The fraction of sp³-hybridized carbons (Fsp3) is 0.0769. The standard InChI is InChI=1S/C39H26/c1-39(2)34-20-19-32-29-14-8-7-13-28(29)31-17-18-33(38(34)37(31)32)30-16-15-25(22-35(30)39)36-26-11-5-3-9-23(26)21-24-10-4-6-12-27(24)36/h3-22H,1-2H3. The molecule has 0 amide bonds. The van der Waals surface area contributed by atoms with Gasteiger partial charge in [-0.3, -0.25) is 0 Å². The Kier molecular flexibility index (Phi) is 3.95. The zero-order valence-electron chi connectivity index (χ0n) is 22.0. The number of hydrogen-bond acceptors (Lipinski definition) is 0. The predicted octanol–water partition coefficient (Wildman–Crippen LogP) is 10.8. The van der Waals surface area contributed by atoms with Gasteiger partial charge >= 0.3 is 0 Å². The van der Waals surface area contributed by atoms with Crippen LogP contribution in [0.15, 0.2) is 121 Å². The second-order valence-corrected chi connectivity index (χ2v) is 11.7. The SMILES string of the molecule is CC1(C)c2cc(-c3c4ccccc4cc4ccccc34)ccc2-c2ccc3c4c(ccc1c24)-c1ccccc1-3. The zero-order chi connectivity index (χ0) is 25.9. The quantitative estimate of drug-likeness (QED) is 0.199. The average molecular weight is 495 g/mol. The van der Waals surface area contributed by atoms with Gasteiger partial charge in [0.2, 0.25) is 0 Å². The summed E-state index contributed by atoms with van der Waals surface area (Å²) in [4.78, 5) is 0. The Morgan fingerprint density at radius 1 is 0.410 bits per heavy atom. The summed E-state index contributed by atoms with van der Waals surface area (Å²) in [5.74, 6) is 0. The second kappa shape index (κ2) is 7.24. The van der Waals surface area contributed by atoms with Gasteiger partial charge in [0.1, 0.15) is 0 Å². The molecule has 2 aliphatic carbocycles. The van der Waals surface area contributed by atoms with Gasteiger partial charge in [-0.2, -0.15) is 0 Å². The van der Waals surface area contributed by atoms with Crippen molar-refractivity contribution in [3.8, 4) is 44.5 Å². The first-order valence-electron chi connectivity index (χ1n) is 13.9. The van der Waals surface area contributed by atoms with Crippen molar-refractivity contribution in [3.63, 3.8) is 0 Å². The van der Waals surface area contributed by atoms with E-state index in [9.17, 15) is 0 Å². The summed E-state index contributed by atoms with van der Waals surface area (Å²) in [7, 11) is 0. The van der Waals surface area contributed by atoms with Crippen LogP contribution in [-0.4, -0.2) is 0 Å². The van der Waals surface area contributed by atoms with E-state index in [2.05, 4.69) is 135 Å². The van der Waals surface area contributed by atoms with Crippen molar-refractivity contribution in [1.29, 1.82) is 0 Å². The van der Waals surface area contributed by atoms with Gasteiger partial charge in [0.15, 0.2) is 0 Å². The fourth-order valence-corrected chi connectivity index (χ4v) is 7.56. The van der Waals surface area contributed by atoms with Crippen molar-refractivity contribution in [2.24, 2.45) is 0 Å². The van der Waals surface area contributed by atoms with Crippen LogP contribution in [0.5, 0.6) is 0 Å². The molecule has 0 aromatic heterocycles. The molecule has 9 rings (SSSR count). The van der Waals surface area contributed by atoms with E-state index in [1.54, 1.807) is 0 Å². The summed E-state index contributed by atoms with van der Waals surface area (Å²) in [6.45, 7) is 4.82. The Bertz CT molecular complexity index is 2110. The molecular weight excluding hydrogens is 468 g/mol. The Balaban J connectivity index is 1.36. The summed E-state index contributed by atoms with van der Waals surface area (Å²) >= 11 is 0. The molecule has 0 N–H and O–H groups in total. The monoisotopic (exact) mass is 494 g/mol. The van der Waals surface area contributed by atoms with Crippen molar-refractivity contribution >= 4 is 32.3 Å². The van der Waals surface area contributed by atoms with Gasteiger partial charge in [0, 0.05) is 5.41 Å². The minimum Gasteiger partial charge on any atom is -0.0616 e. The lowest BCUT2D eigenvalue weighted by Crippen LogP contribution is -2.23. The maximum atomic E-state index is 2.48. The molecule has 0 spiro atoms. The van der Waals surface area contributed by atoms with Crippen molar-refractivity contribution in [2.45, 2.75) is 19.3 Å². The highest BCUT2D eigenvalue weighted by molar-refractivity contribution is 6.21. The van der Waals surface area contributed by atoms with Crippen LogP contribution in [-0.2, 0) is 5.41 Å². The fourth-order valence-electron chi connectivity index (χ4n) is 7.56. The van der Waals surface area contributed by atoms with Crippen LogP contribution in [0.1, 0.15) is 25.0 Å². The van der Waals surface area contributed by atoms with Gasteiger partial charge in [-0.15, -0.1) is 0 Å². The predicted molar refractivity (Wildman–Crippen MR) is 166 cm³/mol. The number of rotatable bonds is 1. The molecule has 0 radical (unpaired) electrons. The van der Waals surface area contributed by atoms with Crippen LogP contribution in [0.4, 0.5) is 0 Å². The van der Waals surface area contributed by atoms with Gasteiger partial charge in [-0.1, -0.05) is 123 Å². The lowest BCUT2D eigenvalue weighted by molar-refractivity contribution is 0.645. The minimum absolute atomic E-state index is 0.120. The zero-order valence-corrected chi connectivity index (χ0v) is 22.0. The molecule has 0 bridgehead atoms. The van der Waals surface area contributed by atoms with E-state index in [-0.39, 0.29) is 5.41 Å². The molecule has 0 saturated carbocycles. The summed E-state index contributed by atoms with van der Waals surface area (Å²) in [5, 5.41) is 8.05. The van der Waals surface area contributed by atoms with Crippen LogP contribution in [0, 0.1) is 0 Å². The highest BCUT2D eigenvalue weighted by atomic mass is 14.4. The molecule has 0 fully saturated rings. The van der Waals surface area contributed by atoms with Gasteiger partial charge in [0.25, 0.3) is 0 Å². The highest BCUT2D eigenvalue weighted by Gasteiger charge is 2.36. The van der Waals surface area contributed by atoms with Crippen LogP contribution in [0.25, 0.3) is 76.8 Å². The first kappa shape index (κ1) is 21.3. The smallest absolute Gasteiger partial charge is 0.0159 e. The first-order chi connectivity index (χ1) is 19.1. The topological polar surface area (TPSA) is 0 Å². The van der Waals surface area contributed by atoms with Crippen LogP contribution >= 0.6 is 0 Å². The van der Waals surface area contributed by atoms with Crippen molar-refractivity contribution in [3.05, 3.63) is 132 Å². The van der Waals surface area contributed by atoms with Crippen molar-refractivity contribution < 1.29 is 0 Å². The summed E-state index contributed by atoms with van der Waals surface area (Å²) in [6, 6.07) is 45.5. The molecule has 7 aromatic rings. The normalized spacial score (nSPS) is 14.1. The lowest BCUT2D eigenvalue weighted by atomic mass is 9.67. The minimum atomic E-state index is -0.120. The molecule has 7 aromatic carbocycles. The molecule has 0 saturated heterocycles. The molecule has 0 atom stereocenters. The molecule has 0 aliphatic heterocycles. The van der Waals surface area contributed by atoms with E-state index in [0.29, 0.717) is 0 Å². The lowest BCUT2D eigenvalue weighted by Gasteiger charge is -2.36. The van der Waals surface area contributed by atoms with Crippen molar-refractivity contribution in [2.75, 3.05) is 0 Å². The van der Waals surface area contributed by atoms with Crippen LogP contribution in [0.2, 0.25) is 0 Å². The average Bonchev–Trinajstić information content (AvgIpc) is 3.31. The largest absolute Gasteiger partial charge is 0.0616 e. The van der Waals surface area contributed by atoms with Crippen molar-refractivity contribution in [1.82, 2.24) is 0 Å². The molecule has 39 heavy (non-hydrogen) atoms. The van der Waals surface area contributed by atoms with E-state index in [4.69, 9.17) is 0 Å². The maximum absolute atomic E-state index is 2.48. The molecular formula is C39H26. The third kappa shape index (κ3) is 2.64. The third-order valence-electron chi connectivity index (χ3n) is 9.38. The molecule has 2 aliphatic rings. The molecule has 0 unspecified atom stereocenters. The van der Waals surface area contributed by atoms with E-state index >= 15 is 0 Å². The van der Waals surface area contributed by atoms with Gasteiger partial charge in [0.05, 0.1) is 0 Å². The van der Waals surface area contributed by atoms with Gasteiger partial charge in [-0.05, 0) is 100 Å². The third-order valence-corrected chi connectivity index (χ3v) is 9.38.